The van der Waals surface area contributed by atoms with Crippen molar-refractivity contribution < 1.29 is 27.8 Å². The number of nitrogens with zero attached hydrogens (tertiary/aromatic N) is 1. The average molecular weight is 507 g/mol. The molecule has 162 valence electrons. The molecule has 1 heterocycles. The van der Waals surface area contributed by atoms with Crippen LogP contribution >= 0.6 is 27.5 Å². The van der Waals surface area contributed by atoms with E-state index in [1.54, 1.807) is 18.2 Å². The zero-order chi connectivity index (χ0) is 22.1. The van der Waals surface area contributed by atoms with Gasteiger partial charge in [0.15, 0.2) is 0 Å². The van der Waals surface area contributed by atoms with Gasteiger partial charge in [-0.3, -0.25) is 9.69 Å². The van der Waals surface area contributed by atoms with Crippen LogP contribution in [-0.2, 0) is 11.0 Å². The summed E-state index contributed by atoms with van der Waals surface area (Å²) in [6.07, 6.45) is -3.71. The molecule has 0 bridgehead atoms. The standard InChI is InChI=1S/C21H20BrClF3NO3/c1-30-18-5-3-14(22)11-16(18)19(27-8-6-12(7-9-27)20(28)29)15-10-13(21(24,25)26)2-4-17(15)23/h2-5,10-12,19H,6-9H2,1H3,(H,28,29). The molecule has 1 unspecified atom stereocenters. The summed E-state index contributed by atoms with van der Waals surface area (Å²) in [6.45, 7) is 0.813. The van der Waals surface area contributed by atoms with Gasteiger partial charge in [-0.15, -0.1) is 0 Å². The lowest BCUT2D eigenvalue weighted by atomic mass is 9.90. The third kappa shape index (κ3) is 4.92. The van der Waals surface area contributed by atoms with Crippen molar-refractivity contribution in [3.63, 3.8) is 0 Å². The van der Waals surface area contributed by atoms with Crippen LogP contribution in [0, 0.1) is 5.92 Å². The molecule has 2 aromatic carbocycles. The molecular weight excluding hydrogens is 487 g/mol. The van der Waals surface area contributed by atoms with Crippen molar-refractivity contribution >= 4 is 33.5 Å². The van der Waals surface area contributed by atoms with Crippen molar-refractivity contribution in [3.05, 3.63) is 62.6 Å². The number of aliphatic carboxylic acids is 1. The van der Waals surface area contributed by atoms with Gasteiger partial charge in [0.2, 0.25) is 0 Å². The zero-order valence-corrected chi connectivity index (χ0v) is 18.4. The van der Waals surface area contributed by atoms with E-state index >= 15 is 0 Å². The molecule has 3 rings (SSSR count). The highest BCUT2D eigenvalue weighted by atomic mass is 79.9. The summed E-state index contributed by atoms with van der Waals surface area (Å²) in [4.78, 5) is 13.3. The summed E-state index contributed by atoms with van der Waals surface area (Å²) in [6, 6.07) is 7.96. The summed E-state index contributed by atoms with van der Waals surface area (Å²) in [7, 11) is 1.49. The van der Waals surface area contributed by atoms with E-state index in [0.29, 0.717) is 42.8 Å². The molecule has 0 spiro atoms. The van der Waals surface area contributed by atoms with E-state index < -0.39 is 29.7 Å². The van der Waals surface area contributed by atoms with Crippen molar-refractivity contribution in [2.45, 2.75) is 25.1 Å². The molecule has 0 radical (unpaired) electrons. The van der Waals surface area contributed by atoms with Gasteiger partial charge in [0.25, 0.3) is 0 Å². The van der Waals surface area contributed by atoms with Gasteiger partial charge < -0.3 is 9.84 Å². The quantitative estimate of drug-likeness (QED) is 0.539. The van der Waals surface area contributed by atoms with Gasteiger partial charge in [-0.25, -0.2) is 0 Å². The Kier molecular flexibility index (Phi) is 6.99. The Morgan fingerprint density at radius 3 is 2.43 bits per heavy atom. The Morgan fingerprint density at radius 1 is 1.20 bits per heavy atom. The van der Waals surface area contributed by atoms with E-state index in [1.807, 2.05) is 4.90 Å². The molecule has 0 aliphatic carbocycles. The van der Waals surface area contributed by atoms with Crippen molar-refractivity contribution in [2.75, 3.05) is 20.2 Å². The first kappa shape index (κ1) is 22.9. The number of benzene rings is 2. The summed E-state index contributed by atoms with van der Waals surface area (Å²) in [5.41, 5.74) is 0.167. The van der Waals surface area contributed by atoms with Crippen LogP contribution in [0.15, 0.2) is 40.9 Å². The second-order valence-corrected chi connectivity index (χ2v) is 8.49. The van der Waals surface area contributed by atoms with Gasteiger partial charge in [-0.1, -0.05) is 27.5 Å². The second-order valence-electron chi connectivity index (χ2n) is 7.17. The number of ether oxygens (including phenoxy) is 1. The monoisotopic (exact) mass is 505 g/mol. The maximum absolute atomic E-state index is 13.4. The van der Waals surface area contributed by atoms with E-state index in [9.17, 15) is 23.1 Å². The molecule has 1 saturated heterocycles. The number of methoxy groups -OCH3 is 1. The van der Waals surface area contributed by atoms with Gasteiger partial charge in [-0.2, -0.15) is 13.2 Å². The average Bonchev–Trinajstić information content (AvgIpc) is 2.69. The topological polar surface area (TPSA) is 49.8 Å². The van der Waals surface area contributed by atoms with Crippen LogP contribution in [0.2, 0.25) is 5.02 Å². The third-order valence-corrected chi connectivity index (χ3v) is 6.19. The fraction of sp³-hybridized carbons (Fsp3) is 0.381. The zero-order valence-electron chi connectivity index (χ0n) is 16.0. The Labute approximate surface area is 185 Å². The minimum atomic E-state index is -4.51. The van der Waals surface area contributed by atoms with Crippen molar-refractivity contribution in [3.8, 4) is 5.75 Å². The van der Waals surface area contributed by atoms with E-state index in [-0.39, 0.29) is 5.02 Å². The number of hydrogen-bond acceptors (Lipinski definition) is 3. The first-order valence-electron chi connectivity index (χ1n) is 9.28. The number of alkyl halides is 3. The fourth-order valence-electron chi connectivity index (χ4n) is 3.81. The molecular formula is C21H20BrClF3NO3. The van der Waals surface area contributed by atoms with Crippen molar-refractivity contribution in [1.82, 2.24) is 4.90 Å². The first-order chi connectivity index (χ1) is 14.1. The predicted molar refractivity (Wildman–Crippen MR) is 111 cm³/mol. The van der Waals surface area contributed by atoms with Gasteiger partial charge in [0.05, 0.1) is 24.6 Å². The predicted octanol–water partition coefficient (Wildman–Crippen LogP) is 6.02. The number of likely N-dealkylation sites (tertiary alicyclic amines) is 1. The van der Waals surface area contributed by atoms with Gasteiger partial charge in [0.1, 0.15) is 5.75 Å². The lowest BCUT2D eigenvalue weighted by Gasteiger charge is -2.38. The maximum atomic E-state index is 13.4. The molecule has 1 N–H and O–H groups in total. The Bertz CT molecular complexity index is 930. The molecule has 30 heavy (non-hydrogen) atoms. The smallest absolute Gasteiger partial charge is 0.416 e. The summed E-state index contributed by atoms with van der Waals surface area (Å²) in [5, 5.41) is 9.50. The summed E-state index contributed by atoms with van der Waals surface area (Å²) in [5.74, 6) is -0.816. The van der Waals surface area contributed by atoms with Crippen LogP contribution in [0.4, 0.5) is 13.2 Å². The lowest BCUT2D eigenvalue weighted by Crippen LogP contribution is -2.39. The molecule has 1 aliphatic rings. The number of carboxylic acids is 1. The van der Waals surface area contributed by atoms with Crippen molar-refractivity contribution in [2.24, 2.45) is 5.92 Å². The second kappa shape index (κ2) is 9.16. The lowest BCUT2D eigenvalue weighted by molar-refractivity contribution is -0.143. The van der Waals surface area contributed by atoms with Crippen LogP contribution < -0.4 is 4.74 Å². The molecule has 1 fully saturated rings. The highest BCUT2D eigenvalue weighted by Crippen LogP contribution is 2.42. The maximum Gasteiger partial charge on any atom is 0.416 e. The number of carboxylic acid groups (broad SMARTS) is 1. The van der Waals surface area contributed by atoms with Crippen LogP contribution in [0.3, 0.4) is 0 Å². The SMILES string of the molecule is COc1ccc(Br)cc1C(c1cc(C(F)(F)F)ccc1Cl)N1CCC(C(=O)O)CC1. The van der Waals surface area contributed by atoms with Gasteiger partial charge in [0, 0.05) is 15.1 Å². The summed E-state index contributed by atoms with van der Waals surface area (Å²) < 4.78 is 46.4. The van der Waals surface area contributed by atoms with Gasteiger partial charge >= 0.3 is 12.1 Å². The number of carbonyl (C=O) groups is 1. The largest absolute Gasteiger partial charge is 0.496 e. The molecule has 1 aliphatic heterocycles. The molecule has 1 atom stereocenters. The Hall–Kier alpha value is -1.77. The van der Waals surface area contributed by atoms with Gasteiger partial charge in [-0.05, 0) is 67.9 Å². The fourth-order valence-corrected chi connectivity index (χ4v) is 4.41. The highest BCUT2D eigenvalue weighted by Gasteiger charge is 2.36. The molecule has 2 aromatic rings. The number of hydrogen-bond donors (Lipinski definition) is 1. The first-order valence-corrected chi connectivity index (χ1v) is 10.5. The normalized spacial score (nSPS) is 17.0. The molecule has 0 saturated carbocycles. The molecule has 9 heteroatoms. The number of piperidine rings is 1. The molecule has 0 amide bonds. The minimum absolute atomic E-state index is 0.204. The minimum Gasteiger partial charge on any atom is -0.496 e. The number of halogens is 5. The number of rotatable bonds is 5. The molecule has 4 nitrogen and oxygen atoms in total. The van der Waals surface area contributed by atoms with Crippen LogP contribution in [0.25, 0.3) is 0 Å². The van der Waals surface area contributed by atoms with Crippen LogP contribution in [-0.4, -0.2) is 36.2 Å². The Morgan fingerprint density at radius 2 is 1.87 bits per heavy atom. The molecule has 0 aromatic heterocycles. The van der Waals surface area contributed by atoms with Crippen LogP contribution in [0.5, 0.6) is 5.75 Å². The van der Waals surface area contributed by atoms with E-state index in [1.165, 1.54) is 13.2 Å². The van der Waals surface area contributed by atoms with E-state index in [0.717, 1.165) is 16.6 Å². The Balaban J connectivity index is 2.12. The third-order valence-electron chi connectivity index (χ3n) is 5.35. The summed E-state index contributed by atoms with van der Waals surface area (Å²) >= 11 is 9.80. The van der Waals surface area contributed by atoms with Crippen LogP contribution in [0.1, 0.15) is 35.6 Å². The highest BCUT2D eigenvalue weighted by molar-refractivity contribution is 9.10. The van der Waals surface area contributed by atoms with Crippen molar-refractivity contribution in [1.29, 1.82) is 0 Å². The van der Waals surface area contributed by atoms with E-state index in [4.69, 9.17) is 16.3 Å². The van der Waals surface area contributed by atoms with E-state index in [2.05, 4.69) is 15.9 Å².